The van der Waals surface area contributed by atoms with Crippen LogP contribution in [0.4, 0.5) is 0 Å². The molecule has 7 heteroatoms. The zero-order chi connectivity index (χ0) is 15.7. The Morgan fingerprint density at radius 3 is 2.91 bits per heavy atom. The Labute approximate surface area is 135 Å². The summed E-state index contributed by atoms with van der Waals surface area (Å²) in [6, 6.07) is 4.99. The predicted octanol–water partition coefficient (Wildman–Crippen LogP) is 2.39. The lowest BCUT2D eigenvalue weighted by molar-refractivity contribution is 0.258. The van der Waals surface area contributed by atoms with Gasteiger partial charge in [-0.3, -0.25) is 4.98 Å². The number of rotatable bonds is 3. The molecule has 0 amide bonds. The fourth-order valence-corrected chi connectivity index (χ4v) is 5.29. The fraction of sp³-hybridized carbons (Fsp3) is 0.400. The van der Waals surface area contributed by atoms with Crippen LogP contribution < -0.4 is 5.73 Å². The maximum atomic E-state index is 13.1. The molecule has 0 aliphatic carbocycles. The molecule has 1 fully saturated rings. The SMILES string of the molecule is NCC1CCCCN1S(=O)(=O)c1cccc2cncc(Cl)c12. The highest BCUT2D eigenvalue weighted by Crippen LogP contribution is 2.33. The summed E-state index contributed by atoms with van der Waals surface area (Å²) in [5, 5.41) is 1.59. The average Bonchev–Trinajstić information content (AvgIpc) is 2.54. The van der Waals surface area contributed by atoms with E-state index in [-0.39, 0.29) is 10.9 Å². The minimum absolute atomic E-state index is 0.144. The standard InChI is InChI=1S/C15H18ClN3O2S/c16-13-10-18-9-11-4-3-6-14(15(11)13)22(20,21)19-7-2-1-5-12(19)8-17/h3-4,6,9-10,12H,1-2,5,7-8,17H2. The van der Waals surface area contributed by atoms with Gasteiger partial charge in [-0.1, -0.05) is 30.2 Å². The molecule has 1 unspecified atom stereocenters. The minimum atomic E-state index is -3.63. The van der Waals surface area contributed by atoms with Gasteiger partial charge in [0.15, 0.2) is 0 Å². The molecule has 2 aromatic rings. The fourth-order valence-electron chi connectivity index (χ4n) is 3.03. The lowest BCUT2D eigenvalue weighted by Gasteiger charge is -2.34. The quantitative estimate of drug-likeness (QED) is 0.931. The molecule has 0 bridgehead atoms. The van der Waals surface area contributed by atoms with Crippen LogP contribution in [0.1, 0.15) is 19.3 Å². The highest BCUT2D eigenvalue weighted by atomic mass is 35.5. The van der Waals surface area contributed by atoms with Gasteiger partial charge >= 0.3 is 0 Å². The van der Waals surface area contributed by atoms with E-state index in [4.69, 9.17) is 17.3 Å². The molecule has 2 N–H and O–H groups in total. The van der Waals surface area contributed by atoms with E-state index in [1.54, 1.807) is 18.3 Å². The molecule has 2 heterocycles. The summed E-state index contributed by atoms with van der Waals surface area (Å²) in [5.41, 5.74) is 5.77. The molecule has 1 saturated heterocycles. The highest BCUT2D eigenvalue weighted by molar-refractivity contribution is 7.89. The monoisotopic (exact) mass is 339 g/mol. The van der Waals surface area contributed by atoms with Crippen molar-refractivity contribution in [3.63, 3.8) is 0 Å². The van der Waals surface area contributed by atoms with Crippen LogP contribution in [0.25, 0.3) is 10.8 Å². The maximum Gasteiger partial charge on any atom is 0.244 e. The van der Waals surface area contributed by atoms with Gasteiger partial charge in [0.2, 0.25) is 10.0 Å². The van der Waals surface area contributed by atoms with Crippen molar-refractivity contribution >= 4 is 32.4 Å². The third-order valence-corrected chi connectivity index (χ3v) is 6.41. The van der Waals surface area contributed by atoms with E-state index < -0.39 is 10.0 Å². The molecule has 0 radical (unpaired) electrons. The molecule has 1 aromatic heterocycles. The number of benzene rings is 1. The Morgan fingerprint density at radius 2 is 2.14 bits per heavy atom. The van der Waals surface area contributed by atoms with E-state index in [0.29, 0.717) is 23.5 Å². The van der Waals surface area contributed by atoms with Crippen LogP contribution in [0, 0.1) is 0 Å². The summed E-state index contributed by atoms with van der Waals surface area (Å²) in [4.78, 5) is 4.25. The molecular formula is C15H18ClN3O2S. The topological polar surface area (TPSA) is 76.3 Å². The van der Waals surface area contributed by atoms with Crippen LogP contribution in [0.5, 0.6) is 0 Å². The number of halogens is 1. The Bertz CT molecular complexity index is 789. The number of hydrogen-bond acceptors (Lipinski definition) is 4. The molecule has 1 aliphatic rings. The van der Waals surface area contributed by atoms with Gasteiger partial charge in [0, 0.05) is 42.3 Å². The van der Waals surface area contributed by atoms with Crippen molar-refractivity contribution in [1.82, 2.24) is 9.29 Å². The number of fused-ring (bicyclic) bond motifs is 1. The summed E-state index contributed by atoms with van der Waals surface area (Å²) in [6.07, 6.45) is 5.76. The second-order valence-corrected chi connectivity index (χ2v) is 7.74. The largest absolute Gasteiger partial charge is 0.329 e. The molecule has 1 aromatic carbocycles. The summed E-state index contributed by atoms with van der Waals surface area (Å²) < 4.78 is 27.8. The molecule has 1 atom stereocenters. The number of pyridine rings is 1. The van der Waals surface area contributed by atoms with Gasteiger partial charge < -0.3 is 5.73 Å². The van der Waals surface area contributed by atoms with Gasteiger partial charge in [-0.25, -0.2) is 8.42 Å². The van der Waals surface area contributed by atoms with E-state index in [1.165, 1.54) is 10.5 Å². The van der Waals surface area contributed by atoms with Gasteiger partial charge in [-0.05, 0) is 18.9 Å². The van der Waals surface area contributed by atoms with Crippen LogP contribution in [0.15, 0.2) is 35.5 Å². The lowest BCUT2D eigenvalue weighted by Crippen LogP contribution is -2.47. The second kappa shape index (κ2) is 6.12. The number of sulfonamides is 1. The molecule has 5 nitrogen and oxygen atoms in total. The second-order valence-electron chi connectivity index (χ2n) is 5.48. The maximum absolute atomic E-state index is 13.1. The molecule has 3 rings (SSSR count). The van der Waals surface area contributed by atoms with Crippen molar-refractivity contribution in [1.29, 1.82) is 0 Å². The Balaban J connectivity index is 2.17. The lowest BCUT2D eigenvalue weighted by atomic mass is 10.1. The smallest absolute Gasteiger partial charge is 0.244 e. The molecule has 118 valence electrons. The zero-order valence-corrected chi connectivity index (χ0v) is 13.6. The van der Waals surface area contributed by atoms with Crippen LogP contribution in [-0.4, -0.2) is 36.8 Å². The van der Waals surface area contributed by atoms with Crippen molar-refractivity contribution in [2.45, 2.75) is 30.2 Å². The van der Waals surface area contributed by atoms with E-state index in [9.17, 15) is 8.42 Å². The summed E-state index contributed by atoms with van der Waals surface area (Å²) in [7, 11) is -3.63. The number of aromatic nitrogens is 1. The van der Waals surface area contributed by atoms with Crippen LogP contribution >= 0.6 is 11.6 Å². The van der Waals surface area contributed by atoms with Crippen molar-refractivity contribution < 1.29 is 8.42 Å². The Hall–Kier alpha value is -1.21. The van der Waals surface area contributed by atoms with Crippen molar-refractivity contribution in [3.05, 3.63) is 35.6 Å². The number of nitrogens with two attached hydrogens (primary N) is 1. The van der Waals surface area contributed by atoms with Gasteiger partial charge in [0.05, 0.1) is 9.92 Å². The molecule has 1 aliphatic heterocycles. The number of piperidine rings is 1. The predicted molar refractivity (Wildman–Crippen MR) is 87.3 cm³/mol. The van der Waals surface area contributed by atoms with Crippen LogP contribution in [0.2, 0.25) is 5.02 Å². The van der Waals surface area contributed by atoms with Gasteiger partial charge in [-0.2, -0.15) is 4.31 Å². The average molecular weight is 340 g/mol. The number of nitrogens with zero attached hydrogens (tertiary/aromatic N) is 2. The van der Waals surface area contributed by atoms with Gasteiger partial charge in [0.25, 0.3) is 0 Å². The highest BCUT2D eigenvalue weighted by Gasteiger charge is 2.34. The van der Waals surface area contributed by atoms with E-state index in [0.717, 1.165) is 24.6 Å². The summed E-state index contributed by atoms with van der Waals surface area (Å²) in [6.45, 7) is 0.836. The first-order valence-electron chi connectivity index (χ1n) is 7.30. The third kappa shape index (κ3) is 2.60. The zero-order valence-electron chi connectivity index (χ0n) is 12.1. The molecule has 0 saturated carbocycles. The van der Waals surface area contributed by atoms with Crippen molar-refractivity contribution in [3.8, 4) is 0 Å². The first kappa shape index (κ1) is 15.7. The van der Waals surface area contributed by atoms with Gasteiger partial charge in [-0.15, -0.1) is 0 Å². The van der Waals surface area contributed by atoms with Gasteiger partial charge in [0.1, 0.15) is 0 Å². The minimum Gasteiger partial charge on any atom is -0.329 e. The van der Waals surface area contributed by atoms with E-state index in [2.05, 4.69) is 4.98 Å². The molecular weight excluding hydrogens is 322 g/mol. The summed E-state index contributed by atoms with van der Waals surface area (Å²) in [5.74, 6) is 0. The van der Waals surface area contributed by atoms with Crippen molar-refractivity contribution in [2.24, 2.45) is 5.73 Å². The van der Waals surface area contributed by atoms with E-state index in [1.807, 2.05) is 6.07 Å². The third-order valence-electron chi connectivity index (χ3n) is 4.13. The van der Waals surface area contributed by atoms with Crippen molar-refractivity contribution in [2.75, 3.05) is 13.1 Å². The summed E-state index contributed by atoms with van der Waals surface area (Å²) >= 11 is 6.21. The molecule has 0 spiro atoms. The number of hydrogen-bond donors (Lipinski definition) is 1. The van der Waals surface area contributed by atoms with E-state index >= 15 is 0 Å². The first-order chi connectivity index (χ1) is 10.6. The first-order valence-corrected chi connectivity index (χ1v) is 9.11. The van der Waals surface area contributed by atoms with Crippen LogP contribution in [-0.2, 0) is 10.0 Å². The Kier molecular flexibility index (Phi) is 4.36. The molecule has 22 heavy (non-hydrogen) atoms. The Morgan fingerprint density at radius 1 is 1.32 bits per heavy atom. The van der Waals surface area contributed by atoms with Crippen LogP contribution in [0.3, 0.4) is 0 Å². The normalized spacial score (nSPS) is 20.4.